The van der Waals surface area contributed by atoms with Crippen LogP contribution in [-0.4, -0.2) is 51.4 Å². The zero-order valence-electron chi connectivity index (χ0n) is 12.2. The minimum absolute atomic E-state index is 0.0343. The molecule has 1 aromatic carbocycles. The molecule has 1 fully saturated rings. The predicted octanol–water partition coefficient (Wildman–Crippen LogP) is 0.918. The fourth-order valence-electron chi connectivity index (χ4n) is 2.76. The SMILES string of the molecule is O=C(O)NC1CCN(c2nc3ccc(C(=O)NO)cc3[nH]2)CC1. The lowest BCUT2D eigenvalue weighted by molar-refractivity contribution is 0.0706. The van der Waals surface area contributed by atoms with E-state index in [9.17, 15) is 9.59 Å². The highest BCUT2D eigenvalue weighted by atomic mass is 16.5. The summed E-state index contributed by atoms with van der Waals surface area (Å²) in [5.41, 5.74) is 3.35. The van der Waals surface area contributed by atoms with Crippen LogP contribution in [0.4, 0.5) is 10.7 Å². The number of aromatic nitrogens is 2. The molecule has 9 heteroatoms. The number of imidazole rings is 1. The highest BCUT2D eigenvalue weighted by molar-refractivity contribution is 5.96. The number of aromatic amines is 1. The molecule has 0 unspecified atom stereocenters. The first-order valence-electron chi connectivity index (χ1n) is 7.25. The number of piperidine rings is 1. The van der Waals surface area contributed by atoms with Crippen LogP contribution in [0.15, 0.2) is 18.2 Å². The van der Waals surface area contributed by atoms with Crippen LogP contribution in [0.3, 0.4) is 0 Å². The molecule has 5 N–H and O–H groups in total. The predicted molar refractivity (Wildman–Crippen MR) is 81.7 cm³/mol. The summed E-state index contributed by atoms with van der Waals surface area (Å²) in [7, 11) is 0. The number of rotatable bonds is 3. The summed E-state index contributed by atoms with van der Waals surface area (Å²) in [5.74, 6) is 0.110. The van der Waals surface area contributed by atoms with Gasteiger partial charge < -0.3 is 20.3 Å². The van der Waals surface area contributed by atoms with Crippen LogP contribution in [0.25, 0.3) is 11.0 Å². The zero-order valence-corrected chi connectivity index (χ0v) is 12.2. The van der Waals surface area contributed by atoms with E-state index < -0.39 is 12.0 Å². The Kier molecular flexibility index (Phi) is 4.02. The molecule has 0 atom stereocenters. The molecule has 0 bridgehead atoms. The third kappa shape index (κ3) is 3.19. The quantitative estimate of drug-likeness (QED) is 0.422. The third-order valence-electron chi connectivity index (χ3n) is 3.96. The number of hydrogen-bond acceptors (Lipinski definition) is 5. The molecule has 1 aromatic heterocycles. The lowest BCUT2D eigenvalue weighted by atomic mass is 10.1. The zero-order chi connectivity index (χ0) is 16.4. The Morgan fingerprint density at radius 3 is 2.70 bits per heavy atom. The molecule has 9 nitrogen and oxygen atoms in total. The van der Waals surface area contributed by atoms with Crippen molar-refractivity contribution in [3.8, 4) is 0 Å². The van der Waals surface area contributed by atoms with Gasteiger partial charge in [0, 0.05) is 24.7 Å². The Labute approximate surface area is 131 Å². The molecular formula is C14H17N5O4. The molecule has 0 radical (unpaired) electrons. The highest BCUT2D eigenvalue weighted by Gasteiger charge is 2.22. The van der Waals surface area contributed by atoms with Crippen molar-refractivity contribution in [2.24, 2.45) is 0 Å². The summed E-state index contributed by atoms with van der Waals surface area (Å²) >= 11 is 0. The summed E-state index contributed by atoms with van der Waals surface area (Å²) in [5, 5.41) is 19.9. The van der Waals surface area contributed by atoms with Gasteiger partial charge in [0.15, 0.2) is 0 Å². The van der Waals surface area contributed by atoms with Crippen molar-refractivity contribution in [1.29, 1.82) is 0 Å². The first-order chi connectivity index (χ1) is 11.1. The first-order valence-corrected chi connectivity index (χ1v) is 7.25. The third-order valence-corrected chi connectivity index (χ3v) is 3.96. The van der Waals surface area contributed by atoms with Crippen LogP contribution >= 0.6 is 0 Å². The fraction of sp³-hybridized carbons (Fsp3) is 0.357. The second kappa shape index (κ2) is 6.13. The lowest BCUT2D eigenvalue weighted by Gasteiger charge is -2.31. The van der Waals surface area contributed by atoms with Gasteiger partial charge in [-0.1, -0.05) is 0 Å². The minimum Gasteiger partial charge on any atom is -0.465 e. The number of carbonyl (C=O) groups excluding carboxylic acids is 1. The number of nitrogens with one attached hydrogen (secondary N) is 3. The maximum Gasteiger partial charge on any atom is 0.404 e. The van der Waals surface area contributed by atoms with Crippen molar-refractivity contribution in [3.63, 3.8) is 0 Å². The Bertz CT molecular complexity index is 736. The van der Waals surface area contributed by atoms with Crippen molar-refractivity contribution in [2.75, 3.05) is 18.0 Å². The second-order valence-electron chi connectivity index (χ2n) is 5.44. The van der Waals surface area contributed by atoms with E-state index in [1.807, 2.05) is 4.90 Å². The number of anilines is 1. The van der Waals surface area contributed by atoms with Crippen LogP contribution < -0.4 is 15.7 Å². The standard InChI is InChI=1S/C14H17N5O4/c20-12(18-23)8-1-2-10-11(7-8)17-13(16-10)19-5-3-9(4-6-19)15-14(21)22/h1-2,7,9,15,23H,3-6H2,(H,16,17)(H,18,20)(H,21,22). The first kappa shape index (κ1) is 15.1. The number of carbonyl (C=O) groups is 2. The average Bonchev–Trinajstić information content (AvgIpc) is 2.97. The fourth-order valence-corrected chi connectivity index (χ4v) is 2.76. The minimum atomic E-state index is -0.998. The molecule has 1 aliphatic heterocycles. The Morgan fingerprint density at radius 1 is 1.30 bits per heavy atom. The van der Waals surface area contributed by atoms with Gasteiger partial charge in [0.05, 0.1) is 11.0 Å². The monoisotopic (exact) mass is 319 g/mol. The summed E-state index contributed by atoms with van der Waals surface area (Å²) in [6.07, 6.45) is 0.421. The molecule has 1 saturated heterocycles. The van der Waals surface area contributed by atoms with E-state index in [4.69, 9.17) is 10.3 Å². The van der Waals surface area contributed by atoms with E-state index in [2.05, 4.69) is 15.3 Å². The summed E-state index contributed by atoms with van der Waals surface area (Å²) < 4.78 is 0. The number of H-pyrrole nitrogens is 1. The number of hydroxylamine groups is 1. The largest absolute Gasteiger partial charge is 0.465 e. The van der Waals surface area contributed by atoms with Crippen molar-refractivity contribution in [1.82, 2.24) is 20.8 Å². The van der Waals surface area contributed by atoms with Crippen molar-refractivity contribution < 1.29 is 19.9 Å². The molecule has 0 aliphatic carbocycles. The molecule has 2 heterocycles. The van der Waals surface area contributed by atoms with Gasteiger partial charge in [-0.15, -0.1) is 0 Å². The van der Waals surface area contributed by atoms with Crippen molar-refractivity contribution in [3.05, 3.63) is 23.8 Å². The Morgan fingerprint density at radius 2 is 2.04 bits per heavy atom. The summed E-state index contributed by atoms with van der Waals surface area (Å²) in [4.78, 5) is 31.8. The average molecular weight is 319 g/mol. The molecule has 1 aliphatic rings. The van der Waals surface area contributed by atoms with Crippen LogP contribution in [-0.2, 0) is 0 Å². The van der Waals surface area contributed by atoms with Crippen LogP contribution in [0.1, 0.15) is 23.2 Å². The number of benzene rings is 1. The maximum absolute atomic E-state index is 11.4. The number of carboxylic acid groups (broad SMARTS) is 1. The van der Waals surface area contributed by atoms with Crippen LogP contribution in [0.5, 0.6) is 0 Å². The van der Waals surface area contributed by atoms with Gasteiger partial charge in [-0.3, -0.25) is 10.0 Å². The molecule has 0 spiro atoms. The lowest BCUT2D eigenvalue weighted by Crippen LogP contribution is -2.44. The molecule has 2 amide bonds. The number of hydrogen-bond donors (Lipinski definition) is 5. The smallest absolute Gasteiger partial charge is 0.404 e. The summed E-state index contributed by atoms with van der Waals surface area (Å²) in [6.45, 7) is 1.38. The van der Waals surface area contributed by atoms with E-state index >= 15 is 0 Å². The van der Waals surface area contributed by atoms with Crippen LogP contribution in [0, 0.1) is 0 Å². The normalized spacial score (nSPS) is 15.6. The second-order valence-corrected chi connectivity index (χ2v) is 5.44. The molecule has 3 rings (SSSR count). The van der Waals surface area contributed by atoms with E-state index in [0.29, 0.717) is 43.0 Å². The molecular weight excluding hydrogens is 302 g/mol. The molecule has 23 heavy (non-hydrogen) atoms. The number of fused-ring (bicyclic) bond motifs is 1. The van der Waals surface area contributed by atoms with Gasteiger partial charge in [-0.25, -0.2) is 15.3 Å². The maximum atomic E-state index is 11.4. The van der Waals surface area contributed by atoms with Crippen molar-refractivity contribution in [2.45, 2.75) is 18.9 Å². The molecule has 2 aromatic rings. The highest BCUT2D eigenvalue weighted by Crippen LogP contribution is 2.22. The Balaban J connectivity index is 1.74. The van der Waals surface area contributed by atoms with Gasteiger partial charge in [0.2, 0.25) is 5.95 Å². The van der Waals surface area contributed by atoms with Crippen LogP contribution in [0.2, 0.25) is 0 Å². The van der Waals surface area contributed by atoms with E-state index in [-0.39, 0.29) is 6.04 Å². The van der Waals surface area contributed by atoms with E-state index in [0.717, 1.165) is 5.52 Å². The van der Waals surface area contributed by atoms with E-state index in [1.165, 1.54) is 0 Å². The summed E-state index contributed by atoms with van der Waals surface area (Å²) in [6, 6.07) is 4.88. The van der Waals surface area contributed by atoms with E-state index in [1.54, 1.807) is 23.7 Å². The molecule has 0 saturated carbocycles. The Hall–Kier alpha value is -2.81. The van der Waals surface area contributed by atoms with Gasteiger partial charge in [0.25, 0.3) is 5.91 Å². The topological polar surface area (TPSA) is 131 Å². The van der Waals surface area contributed by atoms with Crippen molar-refractivity contribution >= 4 is 29.0 Å². The van der Waals surface area contributed by atoms with Gasteiger partial charge in [-0.05, 0) is 31.0 Å². The molecule has 122 valence electrons. The number of nitrogens with zero attached hydrogens (tertiary/aromatic N) is 2. The number of amides is 2. The van der Waals surface area contributed by atoms with Gasteiger partial charge in [0.1, 0.15) is 0 Å². The van der Waals surface area contributed by atoms with Gasteiger partial charge >= 0.3 is 6.09 Å². The van der Waals surface area contributed by atoms with Gasteiger partial charge in [-0.2, -0.15) is 0 Å².